The van der Waals surface area contributed by atoms with Crippen LogP contribution in [0.1, 0.15) is 6.92 Å². The second kappa shape index (κ2) is 8.57. The fourth-order valence-electron chi connectivity index (χ4n) is 3.36. The summed E-state index contributed by atoms with van der Waals surface area (Å²) in [6.45, 7) is 2.70. The standard InChI is InChI=1S/C23H21ClN6O/c1-3-27-20-11-10-19-22(28-20)21(14-4-6-16(24)7-5-14)23(31)30(29-19)17-8-9-18(25)15(12-17)13-26-2/h4-13,25-26H,3H2,1-2H3,(H,27,28)/b15-13-,25-18?. The van der Waals surface area contributed by atoms with Crippen LogP contribution < -0.4 is 16.2 Å². The van der Waals surface area contributed by atoms with Crippen molar-refractivity contribution in [2.24, 2.45) is 0 Å². The molecule has 0 saturated carbocycles. The summed E-state index contributed by atoms with van der Waals surface area (Å²) in [4.78, 5) is 18.3. The minimum atomic E-state index is -0.302. The van der Waals surface area contributed by atoms with Gasteiger partial charge in [-0.05, 0) is 55.0 Å². The molecule has 0 spiro atoms. The van der Waals surface area contributed by atoms with Crippen molar-refractivity contribution >= 4 is 39.9 Å². The number of fused-ring (bicyclic) bond motifs is 1. The number of nitrogens with zero attached hydrogens (tertiary/aromatic N) is 3. The Morgan fingerprint density at radius 2 is 1.94 bits per heavy atom. The van der Waals surface area contributed by atoms with E-state index in [0.29, 0.717) is 56.5 Å². The van der Waals surface area contributed by atoms with Gasteiger partial charge in [0.25, 0.3) is 5.56 Å². The van der Waals surface area contributed by atoms with Crippen molar-refractivity contribution in [1.82, 2.24) is 20.1 Å². The fraction of sp³-hybridized carbons (Fsp3) is 0.130. The summed E-state index contributed by atoms with van der Waals surface area (Å²) >= 11 is 6.06. The molecule has 4 rings (SSSR count). The number of hydrogen-bond donors (Lipinski definition) is 3. The highest BCUT2D eigenvalue weighted by atomic mass is 35.5. The van der Waals surface area contributed by atoms with E-state index in [1.165, 1.54) is 4.68 Å². The van der Waals surface area contributed by atoms with Crippen molar-refractivity contribution in [3.63, 3.8) is 0 Å². The number of benzene rings is 1. The van der Waals surface area contributed by atoms with E-state index in [-0.39, 0.29) is 5.56 Å². The van der Waals surface area contributed by atoms with E-state index in [1.54, 1.807) is 55.7 Å². The van der Waals surface area contributed by atoms with Gasteiger partial charge in [0.1, 0.15) is 16.9 Å². The molecule has 0 atom stereocenters. The maximum absolute atomic E-state index is 13.6. The zero-order chi connectivity index (χ0) is 22.0. The SMILES string of the molecule is CCNc1ccc2nn(C3=C/C(=C/NC)C(=N)C=C3)c(=O)c(-c3ccc(Cl)cc3)c2n1. The van der Waals surface area contributed by atoms with Crippen LogP contribution in [-0.4, -0.2) is 34.1 Å². The van der Waals surface area contributed by atoms with E-state index in [2.05, 4.69) is 20.7 Å². The third kappa shape index (κ3) is 4.00. The number of halogens is 1. The minimum absolute atomic E-state index is 0.302. The molecule has 0 aliphatic heterocycles. The lowest BCUT2D eigenvalue weighted by molar-refractivity contribution is 0.858. The van der Waals surface area contributed by atoms with Gasteiger partial charge < -0.3 is 16.0 Å². The second-order valence-corrected chi connectivity index (χ2v) is 7.33. The largest absolute Gasteiger partial charge is 0.393 e. The van der Waals surface area contributed by atoms with E-state index in [1.807, 2.05) is 19.1 Å². The molecule has 3 aromatic rings. The van der Waals surface area contributed by atoms with Crippen molar-refractivity contribution in [3.05, 3.63) is 81.8 Å². The summed E-state index contributed by atoms with van der Waals surface area (Å²) in [6, 6.07) is 10.8. The number of allylic oxidation sites excluding steroid dienone is 5. The first kappa shape index (κ1) is 20.6. The Morgan fingerprint density at radius 1 is 1.16 bits per heavy atom. The van der Waals surface area contributed by atoms with Gasteiger partial charge in [0.15, 0.2) is 0 Å². The van der Waals surface area contributed by atoms with Gasteiger partial charge >= 0.3 is 0 Å². The monoisotopic (exact) mass is 432 g/mol. The zero-order valence-corrected chi connectivity index (χ0v) is 17.9. The number of pyridine rings is 1. The number of nitrogens with one attached hydrogen (secondary N) is 3. The molecule has 0 radical (unpaired) electrons. The Kier molecular flexibility index (Phi) is 5.68. The predicted molar refractivity (Wildman–Crippen MR) is 127 cm³/mol. The van der Waals surface area contributed by atoms with E-state index in [9.17, 15) is 4.79 Å². The summed E-state index contributed by atoms with van der Waals surface area (Å²) in [7, 11) is 1.76. The Labute approximate surface area is 184 Å². The molecule has 1 aliphatic rings. The van der Waals surface area contributed by atoms with Crippen molar-refractivity contribution in [2.75, 3.05) is 18.9 Å². The first-order chi connectivity index (χ1) is 15.0. The van der Waals surface area contributed by atoms with Crippen LogP contribution in [0, 0.1) is 5.41 Å². The molecule has 7 nitrogen and oxygen atoms in total. The van der Waals surface area contributed by atoms with Crippen molar-refractivity contribution in [2.45, 2.75) is 6.92 Å². The zero-order valence-electron chi connectivity index (χ0n) is 17.1. The van der Waals surface area contributed by atoms with E-state index >= 15 is 0 Å². The molecule has 1 aliphatic carbocycles. The summed E-state index contributed by atoms with van der Waals surface area (Å²) in [5, 5.41) is 19.3. The lowest BCUT2D eigenvalue weighted by Crippen LogP contribution is -2.25. The van der Waals surface area contributed by atoms with Crippen LogP contribution in [0.3, 0.4) is 0 Å². The molecule has 0 fully saturated rings. The molecular weight excluding hydrogens is 412 g/mol. The average molecular weight is 433 g/mol. The highest BCUT2D eigenvalue weighted by Gasteiger charge is 2.18. The van der Waals surface area contributed by atoms with Crippen LogP contribution in [0.5, 0.6) is 0 Å². The van der Waals surface area contributed by atoms with Gasteiger partial charge in [0, 0.05) is 30.4 Å². The lowest BCUT2D eigenvalue weighted by Gasteiger charge is -2.15. The Balaban J connectivity index is 2.00. The van der Waals surface area contributed by atoms with Gasteiger partial charge in [-0.1, -0.05) is 23.7 Å². The van der Waals surface area contributed by atoms with Gasteiger partial charge in [-0.25, -0.2) is 4.98 Å². The first-order valence-corrected chi connectivity index (χ1v) is 10.2. The summed E-state index contributed by atoms with van der Waals surface area (Å²) in [6.07, 6.45) is 6.82. The van der Waals surface area contributed by atoms with Gasteiger partial charge in [0.2, 0.25) is 0 Å². The molecule has 8 heteroatoms. The summed E-state index contributed by atoms with van der Waals surface area (Å²) < 4.78 is 1.35. The Morgan fingerprint density at radius 3 is 2.65 bits per heavy atom. The quantitative estimate of drug-likeness (QED) is 0.564. The van der Waals surface area contributed by atoms with Crippen LogP contribution in [0.25, 0.3) is 27.9 Å². The van der Waals surface area contributed by atoms with Crippen LogP contribution in [0.15, 0.2) is 71.2 Å². The average Bonchev–Trinajstić information content (AvgIpc) is 2.76. The maximum atomic E-state index is 13.6. The lowest BCUT2D eigenvalue weighted by atomic mass is 10.0. The molecule has 3 N–H and O–H groups in total. The number of hydrogen-bond acceptors (Lipinski definition) is 6. The molecule has 2 aromatic heterocycles. The molecule has 2 heterocycles. The Hall–Kier alpha value is -3.71. The third-order valence-electron chi connectivity index (χ3n) is 4.80. The van der Waals surface area contributed by atoms with Crippen molar-refractivity contribution < 1.29 is 0 Å². The van der Waals surface area contributed by atoms with Crippen LogP contribution in [0.2, 0.25) is 5.02 Å². The fourth-order valence-corrected chi connectivity index (χ4v) is 3.49. The topological polar surface area (TPSA) is 95.7 Å². The molecular formula is C23H21ClN6O. The molecule has 0 bridgehead atoms. The molecule has 156 valence electrons. The van der Waals surface area contributed by atoms with E-state index in [4.69, 9.17) is 17.0 Å². The first-order valence-electron chi connectivity index (χ1n) is 9.82. The molecule has 0 unspecified atom stereocenters. The van der Waals surface area contributed by atoms with Gasteiger partial charge in [0.05, 0.1) is 17.0 Å². The smallest absolute Gasteiger partial charge is 0.281 e. The minimum Gasteiger partial charge on any atom is -0.393 e. The van der Waals surface area contributed by atoms with Crippen LogP contribution in [-0.2, 0) is 0 Å². The number of anilines is 1. The second-order valence-electron chi connectivity index (χ2n) is 6.90. The predicted octanol–water partition coefficient (Wildman–Crippen LogP) is 4.08. The highest BCUT2D eigenvalue weighted by Crippen LogP contribution is 2.27. The summed E-state index contributed by atoms with van der Waals surface area (Å²) in [5.41, 5.74) is 3.51. The van der Waals surface area contributed by atoms with Crippen molar-refractivity contribution in [3.8, 4) is 11.1 Å². The van der Waals surface area contributed by atoms with Crippen LogP contribution in [0.4, 0.5) is 5.82 Å². The number of rotatable bonds is 5. The third-order valence-corrected chi connectivity index (χ3v) is 5.05. The van der Waals surface area contributed by atoms with Crippen molar-refractivity contribution in [1.29, 1.82) is 5.41 Å². The van der Waals surface area contributed by atoms with Crippen LogP contribution >= 0.6 is 11.6 Å². The van der Waals surface area contributed by atoms with Gasteiger partial charge in [-0.15, -0.1) is 0 Å². The highest BCUT2D eigenvalue weighted by molar-refractivity contribution is 6.30. The summed E-state index contributed by atoms with van der Waals surface area (Å²) in [5.74, 6) is 0.675. The van der Waals surface area contributed by atoms with Gasteiger partial charge in [-0.2, -0.15) is 9.78 Å². The van der Waals surface area contributed by atoms with E-state index in [0.717, 1.165) is 0 Å². The molecule has 0 amide bonds. The van der Waals surface area contributed by atoms with Gasteiger partial charge in [-0.3, -0.25) is 4.79 Å². The maximum Gasteiger partial charge on any atom is 0.281 e. The number of aromatic nitrogens is 3. The Bertz CT molecular complexity index is 1320. The van der Waals surface area contributed by atoms with E-state index < -0.39 is 0 Å². The molecule has 0 saturated heterocycles. The normalized spacial score (nSPS) is 14.7. The molecule has 1 aromatic carbocycles. The molecule has 31 heavy (non-hydrogen) atoms.